The average Bonchev–Trinajstić information content (AvgIpc) is 2.55. The highest BCUT2D eigenvalue weighted by molar-refractivity contribution is 6.70. The van der Waals surface area contributed by atoms with Gasteiger partial charge in [-0.25, -0.2) is 4.39 Å². The molecule has 0 heterocycles. The Morgan fingerprint density at radius 1 is 0.958 bits per heavy atom. The highest BCUT2D eigenvalue weighted by Gasteiger charge is 2.10. The number of rotatable bonds is 9. The Hall–Kier alpha value is -1.97. The molecule has 0 amide bonds. The number of unbranched alkanes of at least 4 members (excludes halogenated alkanes) is 1. The molecular weight excluding hydrogens is 302 g/mol. The minimum atomic E-state index is -0.200. The van der Waals surface area contributed by atoms with Crippen LogP contribution < -0.4 is 14.9 Å². The first kappa shape index (κ1) is 18.4. The Bertz CT molecular complexity index is 643. The quantitative estimate of drug-likeness (QED) is 0.495. The molecule has 2 nitrogen and oxygen atoms in total. The summed E-state index contributed by atoms with van der Waals surface area (Å²) in [7, 11) is 0. The van der Waals surface area contributed by atoms with Crippen LogP contribution >= 0.6 is 0 Å². The standard InChI is InChI=1S/C20H26BFO2/c1-4-5-12-23-17-8-6-7-16(14-17)11-13-24-18-9-10-19(21(2)3)20(22)15-18/h6-10,14-15H,4-5,11-13H2,1-3H3. The van der Waals surface area contributed by atoms with E-state index < -0.39 is 0 Å². The van der Waals surface area contributed by atoms with Crippen LogP contribution in [0.15, 0.2) is 42.5 Å². The van der Waals surface area contributed by atoms with E-state index in [0.29, 0.717) is 12.4 Å². The largest absolute Gasteiger partial charge is 0.494 e. The molecule has 0 N–H and O–H groups in total. The highest BCUT2D eigenvalue weighted by atomic mass is 19.1. The lowest BCUT2D eigenvalue weighted by Crippen LogP contribution is -2.25. The molecule has 0 radical (unpaired) electrons. The Balaban J connectivity index is 1.85. The first-order valence-corrected chi connectivity index (χ1v) is 8.74. The molecule has 0 fully saturated rings. The SMILES string of the molecule is CCCCOc1cccc(CCOc2ccc(B(C)C)c(F)c2)c1. The molecular formula is C20H26BFO2. The first-order valence-electron chi connectivity index (χ1n) is 8.74. The summed E-state index contributed by atoms with van der Waals surface area (Å²) in [6.45, 7) is 7.54. The van der Waals surface area contributed by atoms with Gasteiger partial charge in [0.1, 0.15) is 17.3 Å². The predicted octanol–water partition coefficient (Wildman–Crippen LogP) is 4.59. The normalized spacial score (nSPS) is 10.5. The maximum absolute atomic E-state index is 14.0. The molecule has 4 heteroatoms. The minimum absolute atomic E-state index is 0.175. The van der Waals surface area contributed by atoms with Crippen LogP contribution in [0, 0.1) is 5.82 Å². The molecule has 24 heavy (non-hydrogen) atoms. The fourth-order valence-corrected chi connectivity index (χ4v) is 2.48. The fourth-order valence-electron chi connectivity index (χ4n) is 2.48. The topological polar surface area (TPSA) is 18.5 Å². The van der Waals surface area contributed by atoms with Gasteiger partial charge < -0.3 is 9.47 Å². The van der Waals surface area contributed by atoms with Gasteiger partial charge in [-0.2, -0.15) is 0 Å². The van der Waals surface area contributed by atoms with E-state index in [4.69, 9.17) is 9.47 Å². The molecule has 0 aliphatic rings. The molecule has 0 bridgehead atoms. The fraction of sp³-hybridized carbons (Fsp3) is 0.400. The van der Waals surface area contributed by atoms with Crippen LogP contribution in [-0.4, -0.2) is 19.9 Å². The van der Waals surface area contributed by atoms with E-state index in [0.717, 1.165) is 42.6 Å². The molecule has 2 aromatic carbocycles. The summed E-state index contributed by atoms with van der Waals surface area (Å²) in [5.41, 5.74) is 1.88. The molecule has 128 valence electrons. The third-order valence-electron chi connectivity index (χ3n) is 3.92. The molecule has 0 aliphatic heterocycles. The summed E-state index contributed by atoms with van der Waals surface area (Å²) in [5, 5.41) is 0. The van der Waals surface area contributed by atoms with Crippen molar-refractivity contribution < 1.29 is 13.9 Å². The number of benzene rings is 2. The maximum atomic E-state index is 14.0. The van der Waals surface area contributed by atoms with Crippen LogP contribution in [0.3, 0.4) is 0 Å². The zero-order valence-electron chi connectivity index (χ0n) is 14.8. The lowest BCUT2D eigenvalue weighted by atomic mass is 9.49. The number of hydrogen-bond donors (Lipinski definition) is 0. The molecule has 0 aliphatic carbocycles. The van der Waals surface area contributed by atoms with Gasteiger partial charge in [0.2, 0.25) is 0 Å². The second-order valence-electron chi connectivity index (χ2n) is 6.29. The lowest BCUT2D eigenvalue weighted by molar-refractivity contribution is 0.307. The van der Waals surface area contributed by atoms with Gasteiger partial charge in [-0.1, -0.05) is 45.2 Å². The van der Waals surface area contributed by atoms with Crippen molar-refractivity contribution in [1.29, 1.82) is 0 Å². The summed E-state index contributed by atoms with van der Waals surface area (Å²) in [4.78, 5) is 0. The van der Waals surface area contributed by atoms with Gasteiger partial charge in [-0.15, -0.1) is 0 Å². The van der Waals surface area contributed by atoms with Gasteiger partial charge in [0.25, 0.3) is 0 Å². The number of halogens is 1. The Morgan fingerprint density at radius 3 is 2.42 bits per heavy atom. The molecule has 0 unspecified atom stereocenters. The molecule has 2 rings (SSSR count). The summed E-state index contributed by atoms with van der Waals surface area (Å²) in [5.74, 6) is 1.27. The van der Waals surface area contributed by atoms with E-state index in [1.165, 1.54) is 6.07 Å². The van der Waals surface area contributed by atoms with Crippen molar-refractivity contribution in [3.8, 4) is 11.5 Å². The van der Waals surface area contributed by atoms with Crippen molar-refractivity contribution >= 4 is 12.2 Å². The summed E-state index contributed by atoms with van der Waals surface area (Å²) in [6, 6.07) is 13.2. The molecule has 2 aromatic rings. The summed E-state index contributed by atoms with van der Waals surface area (Å²) < 4.78 is 25.4. The number of hydrogen-bond acceptors (Lipinski definition) is 2. The van der Waals surface area contributed by atoms with E-state index in [2.05, 4.69) is 13.0 Å². The molecule has 0 atom stereocenters. The van der Waals surface area contributed by atoms with E-state index in [1.54, 1.807) is 6.07 Å². The molecule has 0 spiro atoms. The van der Waals surface area contributed by atoms with Crippen molar-refractivity contribution in [2.75, 3.05) is 13.2 Å². The second kappa shape index (κ2) is 9.36. The van der Waals surface area contributed by atoms with E-state index in [9.17, 15) is 4.39 Å². The van der Waals surface area contributed by atoms with Gasteiger partial charge in [0.15, 0.2) is 6.71 Å². The molecule has 0 aromatic heterocycles. The minimum Gasteiger partial charge on any atom is -0.494 e. The third-order valence-corrected chi connectivity index (χ3v) is 3.92. The lowest BCUT2D eigenvalue weighted by Gasteiger charge is -2.10. The van der Waals surface area contributed by atoms with Crippen LogP contribution in [0.5, 0.6) is 11.5 Å². The first-order chi connectivity index (χ1) is 11.6. The van der Waals surface area contributed by atoms with Crippen molar-refractivity contribution in [3.63, 3.8) is 0 Å². The van der Waals surface area contributed by atoms with Gasteiger partial charge in [0, 0.05) is 12.5 Å². The van der Waals surface area contributed by atoms with Crippen molar-refractivity contribution in [1.82, 2.24) is 0 Å². The van der Waals surface area contributed by atoms with E-state index in [1.807, 2.05) is 37.9 Å². The Kier molecular flexibility index (Phi) is 7.17. The molecule has 0 saturated heterocycles. The molecule has 0 saturated carbocycles. The van der Waals surface area contributed by atoms with Crippen LogP contribution in [0.4, 0.5) is 4.39 Å². The third kappa shape index (κ3) is 5.59. The maximum Gasteiger partial charge on any atom is 0.173 e. The van der Waals surface area contributed by atoms with E-state index >= 15 is 0 Å². The van der Waals surface area contributed by atoms with Crippen molar-refractivity contribution in [2.24, 2.45) is 0 Å². The summed E-state index contributed by atoms with van der Waals surface area (Å²) in [6.07, 6.45) is 2.95. The smallest absolute Gasteiger partial charge is 0.173 e. The van der Waals surface area contributed by atoms with Crippen LogP contribution in [0.2, 0.25) is 13.6 Å². The van der Waals surface area contributed by atoms with Gasteiger partial charge in [-0.3, -0.25) is 0 Å². The van der Waals surface area contributed by atoms with Gasteiger partial charge >= 0.3 is 0 Å². The van der Waals surface area contributed by atoms with Gasteiger partial charge in [-0.05, 0) is 35.6 Å². The number of ether oxygens (including phenoxy) is 2. The van der Waals surface area contributed by atoms with E-state index in [-0.39, 0.29) is 12.5 Å². The van der Waals surface area contributed by atoms with Crippen LogP contribution in [0.25, 0.3) is 0 Å². The zero-order valence-corrected chi connectivity index (χ0v) is 14.8. The zero-order chi connectivity index (χ0) is 17.4. The van der Waals surface area contributed by atoms with Crippen LogP contribution in [0.1, 0.15) is 25.3 Å². The average molecular weight is 328 g/mol. The van der Waals surface area contributed by atoms with Crippen LogP contribution in [-0.2, 0) is 6.42 Å². The Labute approximate surface area is 145 Å². The van der Waals surface area contributed by atoms with Gasteiger partial charge in [0.05, 0.1) is 13.2 Å². The van der Waals surface area contributed by atoms with Crippen molar-refractivity contribution in [3.05, 3.63) is 53.8 Å². The monoisotopic (exact) mass is 328 g/mol. The predicted molar refractivity (Wildman–Crippen MR) is 99.6 cm³/mol. The Morgan fingerprint density at radius 2 is 1.71 bits per heavy atom. The highest BCUT2D eigenvalue weighted by Crippen LogP contribution is 2.16. The summed E-state index contributed by atoms with van der Waals surface area (Å²) >= 11 is 0. The van der Waals surface area contributed by atoms with Crippen molar-refractivity contribution in [2.45, 2.75) is 39.8 Å². The second-order valence-corrected chi connectivity index (χ2v) is 6.29.